The van der Waals surface area contributed by atoms with Gasteiger partial charge in [-0.15, -0.1) is 6.58 Å². The maximum atomic E-state index is 10.8. The number of nitrogens with zero attached hydrogens (tertiary/aromatic N) is 1. The first-order chi connectivity index (χ1) is 8.08. The van der Waals surface area contributed by atoms with Crippen molar-refractivity contribution in [2.75, 3.05) is 0 Å². The largest absolute Gasteiger partial charge is 0.269 e. The van der Waals surface area contributed by atoms with Crippen molar-refractivity contribution in [3.05, 3.63) is 59.0 Å². The fourth-order valence-corrected chi connectivity index (χ4v) is 1.68. The first-order valence-corrected chi connectivity index (χ1v) is 5.82. The second-order valence-corrected chi connectivity index (χ2v) is 4.14. The van der Waals surface area contributed by atoms with E-state index < -0.39 is 0 Å². The zero-order valence-corrected chi connectivity index (χ0v) is 10.2. The van der Waals surface area contributed by atoms with Gasteiger partial charge in [0.05, 0.1) is 4.92 Å². The highest BCUT2D eigenvalue weighted by atomic mass is 16.6. The molecule has 0 aliphatic carbocycles. The quantitative estimate of drug-likeness (QED) is 0.422. The van der Waals surface area contributed by atoms with E-state index in [4.69, 9.17) is 0 Å². The van der Waals surface area contributed by atoms with Crippen LogP contribution in [-0.2, 0) is 6.42 Å². The number of benzene rings is 1. The van der Waals surface area contributed by atoms with Gasteiger partial charge in [0.1, 0.15) is 0 Å². The summed E-state index contributed by atoms with van der Waals surface area (Å²) in [6.45, 7) is 9.68. The van der Waals surface area contributed by atoms with Crippen LogP contribution in [0.25, 0.3) is 0 Å². The molecule has 0 saturated heterocycles. The van der Waals surface area contributed by atoms with Crippen LogP contribution in [0.15, 0.2) is 30.9 Å². The van der Waals surface area contributed by atoms with Crippen molar-refractivity contribution in [1.82, 2.24) is 0 Å². The lowest BCUT2D eigenvalue weighted by Crippen LogP contribution is -1.97. The van der Waals surface area contributed by atoms with Crippen LogP contribution in [0.5, 0.6) is 0 Å². The Balaban J connectivity index is 3.09. The Bertz CT molecular complexity index is 413. The smallest absolute Gasteiger partial charge is 0.258 e. The predicted molar refractivity (Wildman–Crippen MR) is 70.0 cm³/mol. The molecule has 1 rings (SSSR count). The maximum Gasteiger partial charge on any atom is 0.269 e. The monoisotopic (exact) mass is 232 g/mol. The van der Waals surface area contributed by atoms with Crippen molar-refractivity contribution >= 4 is 5.69 Å². The Morgan fingerprint density at radius 2 is 2.18 bits per heavy atom. The van der Waals surface area contributed by atoms with Crippen LogP contribution in [0.4, 0.5) is 5.69 Å². The first-order valence-electron chi connectivity index (χ1n) is 5.82. The molecule has 0 amide bonds. The molecule has 0 saturated carbocycles. The Kier molecular flexibility index (Phi) is 4.88. The van der Waals surface area contributed by atoms with Gasteiger partial charge in [0.2, 0.25) is 0 Å². The van der Waals surface area contributed by atoms with Gasteiger partial charge in [-0.3, -0.25) is 10.1 Å². The molecule has 0 aliphatic heterocycles. The molecule has 0 bridgehead atoms. The van der Waals surface area contributed by atoms with E-state index in [0.29, 0.717) is 0 Å². The molecule has 1 radical (unpaired) electrons. The lowest BCUT2D eigenvalue weighted by molar-refractivity contribution is -0.385. The summed E-state index contributed by atoms with van der Waals surface area (Å²) in [7, 11) is 0. The van der Waals surface area contributed by atoms with Crippen molar-refractivity contribution in [2.24, 2.45) is 0 Å². The number of nitro groups is 1. The number of rotatable bonds is 6. The summed E-state index contributed by atoms with van der Waals surface area (Å²) in [5, 5.41) is 10.8. The molecule has 0 N–H and O–H groups in total. The van der Waals surface area contributed by atoms with Crippen LogP contribution in [0, 0.1) is 17.0 Å². The molecule has 3 nitrogen and oxygen atoms in total. The number of allylic oxidation sites excluding steroid dienone is 1. The molecule has 1 aromatic rings. The van der Waals surface area contributed by atoms with E-state index in [0.717, 1.165) is 30.4 Å². The molecule has 0 spiro atoms. The van der Waals surface area contributed by atoms with E-state index in [2.05, 4.69) is 20.4 Å². The molecule has 0 heterocycles. The Labute approximate surface area is 102 Å². The third-order valence-electron chi connectivity index (χ3n) is 2.74. The zero-order chi connectivity index (χ0) is 12.8. The van der Waals surface area contributed by atoms with E-state index in [1.54, 1.807) is 18.2 Å². The maximum absolute atomic E-state index is 10.8. The zero-order valence-electron chi connectivity index (χ0n) is 10.2. The Morgan fingerprint density at radius 3 is 2.71 bits per heavy atom. The van der Waals surface area contributed by atoms with Gasteiger partial charge in [-0.05, 0) is 30.9 Å². The van der Waals surface area contributed by atoms with E-state index >= 15 is 0 Å². The van der Waals surface area contributed by atoms with Crippen LogP contribution >= 0.6 is 0 Å². The summed E-state index contributed by atoms with van der Waals surface area (Å²) in [5.74, 6) is -0.102. The molecule has 0 aliphatic rings. The van der Waals surface area contributed by atoms with E-state index in [9.17, 15) is 10.1 Å². The number of non-ortho nitro benzene ring substituents is 1. The van der Waals surface area contributed by atoms with E-state index in [1.807, 2.05) is 6.07 Å². The molecule has 1 atom stereocenters. The molecule has 91 valence electrons. The average Bonchev–Trinajstić information content (AvgIpc) is 2.34. The van der Waals surface area contributed by atoms with Crippen molar-refractivity contribution in [3.63, 3.8) is 0 Å². The SMILES string of the molecule is [CH2]C(C=C)c1cc(CCCC)cc([N+](=O)[O-])c1. The van der Waals surface area contributed by atoms with Gasteiger partial charge in [-0.2, -0.15) is 0 Å². The second-order valence-electron chi connectivity index (χ2n) is 4.14. The summed E-state index contributed by atoms with van der Waals surface area (Å²) in [6, 6.07) is 5.21. The minimum Gasteiger partial charge on any atom is -0.258 e. The lowest BCUT2D eigenvalue weighted by Gasteiger charge is -2.09. The van der Waals surface area contributed by atoms with Gasteiger partial charge in [0.15, 0.2) is 0 Å². The molecular formula is C14H18NO2. The highest BCUT2D eigenvalue weighted by Crippen LogP contribution is 2.24. The standard InChI is InChI=1S/C14H18NO2/c1-4-6-7-12-8-13(11(3)5-2)10-14(9-12)15(16)17/h5,8-11H,2-4,6-7H2,1H3. The van der Waals surface area contributed by atoms with Gasteiger partial charge >= 0.3 is 0 Å². The highest BCUT2D eigenvalue weighted by Gasteiger charge is 2.12. The molecular weight excluding hydrogens is 214 g/mol. The summed E-state index contributed by atoms with van der Waals surface area (Å²) in [4.78, 5) is 10.5. The minimum atomic E-state index is -0.352. The van der Waals surface area contributed by atoms with Gasteiger partial charge in [0.25, 0.3) is 5.69 Å². The minimum absolute atomic E-state index is 0.102. The number of hydrogen-bond acceptors (Lipinski definition) is 2. The van der Waals surface area contributed by atoms with Crippen LogP contribution in [-0.4, -0.2) is 4.92 Å². The molecule has 17 heavy (non-hydrogen) atoms. The fourth-order valence-electron chi connectivity index (χ4n) is 1.68. The van der Waals surface area contributed by atoms with Crippen molar-refractivity contribution in [1.29, 1.82) is 0 Å². The average molecular weight is 232 g/mol. The lowest BCUT2D eigenvalue weighted by atomic mass is 9.96. The second kappa shape index (κ2) is 6.18. The van der Waals surface area contributed by atoms with Crippen LogP contribution in [0.3, 0.4) is 0 Å². The Hall–Kier alpha value is -1.64. The summed E-state index contributed by atoms with van der Waals surface area (Å²) >= 11 is 0. The third-order valence-corrected chi connectivity index (χ3v) is 2.74. The molecule has 0 fully saturated rings. The molecule has 0 aromatic heterocycles. The van der Waals surface area contributed by atoms with Crippen molar-refractivity contribution in [2.45, 2.75) is 32.1 Å². The van der Waals surface area contributed by atoms with Crippen molar-refractivity contribution in [3.8, 4) is 0 Å². The van der Waals surface area contributed by atoms with Crippen LogP contribution < -0.4 is 0 Å². The predicted octanol–water partition coefficient (Wildman–Crippen LogP) is 4.04. The number of hydrogen-bond donors (Lipinski definition) is 0. The fraction of sp³-hybridized carbons (Fsp3) is 0.357. The van der Waals surface area contributed by atoms with Gasteiger partial charge in [-0.25, -0.2) is 0 Å². The number of aryl methyl sites for hydroxylation is 1. The van der Waals surface area contributed by atoms with E-state index in [-0.39, 0.29) is 16.5 Å². The number of unbranched alkanes of at least 4 members (excludes halogenated alkanes) is 1. The van der Waals surface area contributed by atoms with Gasteiger partial charge < -0.3 is 0 Å². The van der Waals surface area contributed by atoms with E-state index in [1.165, 1.54) is 0 Å². The highest BCUT2D eigenvalue weighted by molar-refractivity contribution is 5.42. The normalized spacial score (nSPS) is 12.1. The van der Waals surface area contributed by atoms with Crippen LogP contribution in [0.1, 0.15) is 36.8 Å². The third kappa shape index (κ3) is 3.70. The van der Waals surface area contributed by atoms with Gasteiger partial charge in [-0.1, -0.05) is 25.5 Å². The topological polar surface area (TPSA) is 43.1 Å². The first kappa shape index (κ1) is 13.4. The van der Waals surface area contributed by atoms with Crippen molar-refractivity contribution < 1.29 is 4.92 Å². The molecule has 1 unspecified atom stereocenters. The van der Waals surface area contributed by atoms with Crippen LogP contribution in [0.2, 0.25) is 0 Å². The summed E-state index contributed by atoms with van der Waals surface area (Å²) < 4.78 is 0. The Morgan fingerprint density at radius 1 is 1.47 bits per heavy atom. The number of nitro benzene ring substituents is 1. The summed E-state index contributed by atoms with van der Waals surface area (Å²) in [5.41, 5.74) is 2.01. The van der Waals surface area contributed by atoms with Gasteiger partial charge in [0, 0.05) is 18.1 Å². The summed E-state index contributed by atoms with van der Waals surface area (Å²) in [6.07, 6.45) is 4.68. The molecule has 3 heteroatoms. The molecule has 1 aromatic carbocycles.